The predicted octanol–water partition coefficient (Wildman–Crippen LogP) is 5.92. The van der Waals surface area contributed by atoms with Gasteiger partial charge < -0.3 is 4.57 Å². The molecule has 1 rings (SSSR count). The van der Waals surface area contributed by atoms with Crippen molar-refractivity contribution in [3.8, 4) is 0 Å². The molecule has 0 aromatic carbocycles. The second-order valence-electron chi connectivity index (χ2n) is 6.15. The fraction of sp³-hybridized carbons (Fsp3) is 0.778. The molecule has 1 heterocycles. The molecule has 0 aliphatic carbocycles. The van der Waals surface area contributed by atoms with Crippen LogP contribution in [-0.2, 0) is 6.42 Å². The maximum atomic E-state index is 2.50. The van der Waals surface area contributed by atoms with E-state index in [9.17, 15) is 0 Å². The predicted molar refractivity (Wildman–Crippen MR) is 85.8 cm³/mol. The van der Waals surface area contributed by atoms with Crippen LogP contribution in [0.4, 0.5) is 0 Å². The Kier molecular flexibility index (Phi) is 7.27. The number of unbranched alkanes of at least 4 members (excludes halogenated alkanes) is 3. The zero-order valence-corrected chi connectivity index (χ0v) is 13.7. The van der Waals surface area contributed by atoms with E-state index >= 15 is 0 Å². The molecule has 1 aromatic heterocycles. The minimum atomic E-state index is 0.629. The minimum absolute atomic E-state index is 0.629. The normalized spacial score (nSPS) is 14.6. The Morgan fingerprint density at radius 3 is 2.42 bits per heavy atom. The number of hydrogen-bond donors (Lipinski definition) is 0. The molecule has 0 aliphatic heterocycles. The van der Waals surface area contributed by atoms with E-state index in [1.807, 2.05) is 0 Å². The zero-order valence-electron chi connectivity index (χ0n) is 13.7. The van der Waals surface area contributed by atoms with E-state index in [-0.39, 0.29) is 0 Å². The smallest absolute Gasteiger partial charge is 0.0330 e. The molecule has 2 unspecified atom stereocenters. The second kappa shape index (κ2) is 8.45. The van der Waals surface area contributed by atoms with Gasteiger partial charge in [-0.2, -0.15) is 0 Å². The van der Waals surface area contributed by atoms with Crippen molar-refractivity contribution in [2.24, 2.45) is 5.92 Å². The van der Waals surface area contributed by atoms with Gasteiger partial charge >= 0.3 is 0 Å². The lowest BCUT2D eigenvalue weighted by Crippen LogP contribution is -2.14. The summed E-state index contributed by atoms with van der Waals surface area (Å²) in [5.74, 6) is 0.768. The van der Waals surface area contributed by atoms with Crippen molar-refractivity contribution in [1.82, 2.24) is 4.57 Å². The van der Waals surface area contributed by atoms with Crippen LogP contribution in [0.2, 0.25) is 0 Å². The Bertz CT molecular complexity index is 351. The number of hydrogen-bond acceptors (Lipinski definition) is 0. The van der Waals surface area contributed by atoms with Crippen LogP contribution in [0.1, 0.15) is 83.5 Å². The highest BCUT2D eigenvalue weighted by Crippen LogP contribution is 2.26. The third kappa shape index (κ3) is 4.71. The maximum absolute atomic E-state index is 2.50. The van der Waals surface area contributed by atoms with E-state index in [0.29, 0.717) is 6.04 Å². The first-order valence-corrected chi connectivity index (χ1v) is 8.28. The molecule has 0 aliphatic rings. The maximum Gasteiger partial charge on any atom is 0.0330 e. The lowest BCUT2D eigenvalue weighted by molar-refractivity contribution is 0.352. The van der Waals surface area contributed by atoms with Crippen molar-refractivity contribution in [2.75, 3.05) is 0 Å². The fourth-order valence-corrected chi connectivity index (χ4v) is 2.99. The van der Waals surface area contributed by atoms with E-state index < -0.39 is 0 Å². The van der Waals surface area contributed by atoms with Gasteiger partial charge in [-0.05, 0) is 50.7 Å². The quantitative estimate of drug-likeness (QED) is 0.488. The molecule has 1 heteroatoms. The summed E-state index contributed by atoms with van der Waals surface area (Å²) in [6.45, 7) is 11.6. The molecule has 0 amide bonds. The van der Waals surface area contributed by atoms with Crippen molar-refractivity contribution < 1.29 is 0 Å². The van der Waals surface area contributed by atoms with Crippen LogP contribution < -0.4 is 0 Å². The van der Waals surface area contributed by atoms with Crippen LogP contribution in [0.15, 0.2) is 12.3 Å². The summed E-state index contributed by atoms with van der Waals surface area (Å²) in [5, 5.41) is 0. The summed E-state index contributed by atoms with van der Waals surface area (Å²) < 4.78 is 2.50. The highest BCUT2D eigenvalue weighted by molar-refractivity contribution is 5.22. The Morgan fingerprint density at radius 2 is 1.79 bits per heavy atom. The lowest BCUT2D eigenvalue weighted by Gasteiger charge is -2.23. The molecule has 2 atom stereocenters. The summed E-state index contributed by atoms with van der Waals surface area (Å²) >= 11 is 0. The Morgan fingerprint density at radius 1 is 1.05 bits per heavy atom. The van der Waals surface area contributed by atoms with Gasteiger partial charge in [0.05, 0.1) is 0 Å². The summed E-state index contributed by atoms with van der Waals surface area (Å²) in [6.07, 6.45) is 11.6. The third-order valence-corrected chi connectivity index (χ3v) is 4.59. The van der Waals surface area contributed by atoms with Crippen LogP contribution >= 0.6 is 0 Å². The molecule has 19 heavy (non-hydrogen) atoms. The second-order valence-corrected chi connectivity index (χ2v) is 6.15. The molecule has 0 bridgehead atoms. The molecule has 1 nitrogen and oxygen atoms in total. The van der Waals surface area contributed by atoms with Gasteiger partial charge in [0, 0.05) is 17.9 Å². The molecule has 0 N–H and O–H groups in total. The van der Waals surface area contributed by atoms with Crippen LogP contribution in [-0.4, -0.2) is 4.57 Å². The molecule has 0 radical (unpaired) electrons. The standard InChI is InChI=1S/C18H33N/c1-6-8-9-10-12-18-13-14-19(17(18)5)16(4)15(3)11-7-2/h13-16H,6-12H2,1-5H3. The van der Waals surface area contributed by atoms with Crippen molar-refractivity contribution in [1.29, 1.82) is 0 Å². The van der Waals surface area contributed by atoms with Gasteiger partial charge in [-0.3, -0.25) is 0 Å². The third-order valence-electron chi connectivity index (χ3n) is 4.59. The largest absolute Gasteiger partial charge is 0.348 e. The fourth-order valence-electron chi connectivity index (χ4n) is 2.99. The van der Waals surface area contributed by atoms with Crippen LogP contribution in [0.25, 0.3) is 0 Å². The minimum Gasteiger partial charge on any atom is -0.348 e. The summed E-state index contributed by atoms with van der Waals surface area (Å²) in [4.78, 5) is 0. The first-order chi connectivity index (χ1) is 9.11. The van der Waals surface area contributed by atoms with Gasteiger partial charge in [-0.15, -0.1) is 0 Å². The van der Waals surface area contributed by atoms with Crippen molar-refractivity contribution in [3.05, 3.63) is 23.5 Å². The van der Waals surface area contributed by atoms with Gasteiger partial charge in [0.15, 0.2) is 0 Å². The molecule has 0 saturated carbocycles. The van der Waals surface area contributed by atoms with Gasteiger partial charge in [-0.25, -0.2) is 0 Å². The van der Waals surface area contributed by atoms with Crippen LogP contribution in [0.3, 0.4) is 0 Å². The van der Waals surface area contributed by atoms with Crippen LogP contribution in [0, 0.1) is 12.8 Å². The number of nitrogens with zero attached hydrogens (tertiary/aromatic N) is 1. The molecule has 0 fully saturated rings. The van der Waals surface area contributed by atoms with Crippen LogP contribution in [0.5, 0.6) is 0 Å². The summed E-state index contributed by atoms with van der Waals surface area (Å²) in [6, 6.07) is 2.97. The first kappa shape index (κ1) is 16.3. The van der Waals surface area contributed by atoms with Crippen molar-refractivity contribution in [3.63, 3.8) is 0 Å². The topological polar surface area (TPSA) is 4.93 Å². The molecule has 110 valence electrons. The Balaban J connectivity index is 2.59. The molecular formula is C18H33N. The van der Waals surface area contributed by atoms with Crippen molar-refractivity contribution >= 4 is 0 Å². The Labute approximate surface area is 120 Å². The van der Waals surface area contributed by atoms with E-state index in [1.54, 1.807) is 5.56 Å². The summed E-state index contributed by atoms with van der Waals surface area (Å²) in [5.41, 5.74) is 3.05. The molecule has 0 saturated heterocycles. The number of aromatic nitrogens is 1. The van der Waals surface area contributed by atoms with E-state index in [2.05, 4.69) is 51.4 Å². The number of aryl methyl sites for hydroxylation is 1. The number of rotatable bonds is 9. The SMILES string of the molecule is CCCCCCc1ccn(C(C)C(C)CCC)c1C. The highest BCUT2D eigenvalue weighted by atomic mass is 15.0. The molecule has 0 spiro atoms. The molecular weight excluding hydrogens is 230 g/mol. The lowest BCUT2D eigenvalue weighted by atomic mass is 9.98. The van der Waals surface area contributed by atoms with E-state index in [0.717, 1.165) is 5.92 Å². The van der Waals surface area contributed by atoms with Crippen molar-refractivity contribution in [2.45, 2.75) is 85.6 Å². The molecule has 1 aromatic rings. The monoisotopic (exact) mass is 263 g/mol. The average molecular weight is 263 g/mol. The summed E-state index contributed by atoms with van der Waals surface area (Å²) in [7, 11) is 0. The zero-order chi connectivity index (χ0) is 14.3. The van der Waals surface area contributed by atoms with Gasteiger partial charge in [-0.1, -0.05) is 46.5 Å². The Hall–Kier alpha value is -0.720. The average Bonchev–Trinajstić information content (AvgIpc) is 2.76. The van der Waals surface area contributed by atoms with Gasteiger partial charge in [0.2, 0.25) is 0 Å². The highest BCUT2D eigenvalue weighted by Gasteiger charge is 2.15. The van der Waals surface area contributed by atoms with E-state index in [1.165, 1.54) is 50.6 Å². The van der Waals surface area contributed by atoms with Gasteiger partial charge in [0.25, 0.3) is 0 Å². The van der Waals surface area contributed by atoms with E-state index in [4.69, 9.17) is 0 Å². The first-order valence-electron chi connectivity index (χ1n) is 8.28. The van der Waals surface area contributed by atoms with Gasteiger partial charge in [0.1, 0.15) is 0 Å².